The van der Waals surface area contributed by atoms with E-state index >= 15 is 0 Å². The number of para-hydroxylation sites is 1. The first-order valence-electron chi connectivity index (χ1n) is 8.38. The summed E-state index contributed by atoms with van der Waals surface area (Å²) < 4.78 is 5.87. The molecule has 0 bridgehead atoms. The lowest BCUT2D eigenvalue weighted by atomic mass is 9.97. The Morgan fingerprint density at radius 2 is 2.21 bits per heavy atom. The van der Waals surface area contributed by atoms with Crippen LogP contribution in [0.5, 0.6) is 11.5 Å². The van der Waals surface area contributed by atoms with Gasteiger partial charge in [0.1, 0.15) is 11.5 Å². The first-order valence-corrected chi connectivity index (χ1v) is 8.38. The number of pyridine rings is 1. The van der Waals surface area contributed by atoms with E-state index < -0.39 is 0 Å². The Morgan fingerprint density at radius 1 is 1.33 bits per heavy atom. The standard InChI is InChI=1S/C19H23N3O2/c1-20-12-15-6-5-11-22(14-15)19(23)17-8-2-3-9-18(17)24-16-7-4-10-21-13-16/h2-4,7-10,13,15,20H,5-6,11-12,14H2,1H3/t15-/m0/s1. The van der Waals surface area contributed by atoms with Crippen LogP contribution in [0.3, 0.4) is 0 Å². The van der Waals surface area contributed by atoms with Gasteiger partial charge in [-0.15, -0.1) is 0 Å². The zero-order valence-corrected chi connectivity index (χ0v) is 13.9. The van der Waals surface area contributed by atoms with Gasteiger partial charge in [-0.25, -0.2) is 0 Å². The van der Waals surface area contributed by atoms with Crippen LogP contribution in [0.2, 0.25) is 0 Å². The summed E-state index contributed by atoms with van der Waals surface area (Å²) in [5, 5.41) is 3.21. The van der Waals surface area contributed by atoms with Crippen molar-refractivity contribution in [1.82, 2.24) is 15.2 Å². The predicted molar refractivity (Wildman–Crippen MR) is 93.3 cm³/mol. The van der Waals surface area contributed by atoms with Gasteiger partial charge in [0.25, 0.3) is 5.91 Å². The van der Waals surface area contributed by atoms with E-state index in [1.54, 1.807) is 12.4 Å². The van der Waals surface area contributed by atoms with Crippen molar-refractivity contribution in [3.05, 3.63) is 54.4 Å². The van der Waals surface area contributed by atoms with E-state index in [1.165, 1.54) is 6.42 Å². The third-order valence-corrected chi connectivity index (χ3v) is 4.28. The summed E-state index contributed by atoms with van der Waals surface area (Å²) >= 11 is 0. The zero-order valence-electron chi connectivity index (χ0n) is 13.9. The average Bonchev–Trinajstić information content (AvgIpc) is 2.63. The number of amides is 1. The Morgan fingerprint density at radius 3 is 3.00 bits per heavy atom. The lowest BCUT2D eigenvalue weighted by molar-refractivity contribution is 0.0671. The Hall–Kier alpha value is -2.40. The van der Waals surface area contributed by atoms with Crippen LogP contribution in [0.1, 0.15) is 23.2 Å². The maximum atomic E-state index is 13.0. The number of carbonyl (C=O) groups is 1. The number of piperidine rings is 1. The highest BCUT2D eigenvalue weighted by molar-refractivity contribution is 5.97. The van der Waals surface area contributed by atoms with Crippen LogP contribution in [0.15, 0.2) is 48.8 Å². The molecule has 24 heavy (non-hydrogen) atoms. The van der Waals surface area contributed by atoms with Gasteiger partial charge in [0.05, 0.1) is 11.8 Å². The molecule has 126 valence electrons. The summed E-state index contributed by atoms with van der Waals surface area (Å²) in [6.07, 6.45) is 5.55. The molecule has 1 amide bonds. The van der Waals surface area contributed by atoms with E-state index in [2.05, 4.69) is 10.3 Å². The fraction of sp³-hybridized carbons (Fsp3) is 0.368. The SMILES string of the molecule is CNC[C@@H]1CCCN(C(=O)c2ccccc2Oc2cccnc2)C1. The highest BCUT2D eigenvalue weighted by Crippen LogP contribution is 2.27. The molecule has 1 aromatic carbocycles. The largest absolute Gasteiger partial charge is 0.455 e. The Balaban J connectivity index is 1.77. The highest BCUT2D eigenvalue weighted by Gasteiger charge is 2.25. The van der Waals surface area contributed by atoms with E-state index in [0.29, 0.717) is 23.0 Å². The van der Waals surface area contributed by atoms with Crippen LogP contribution in [0, 0.1) is 5.92 Å². The molecule has 0 aliphatic carbocycles. The molecule has 1 fully saturated rings. The second-order valence-electron chi connectivity index (χ2n) is 6.10. The number of ether oxygens (including phenoxy) is 1. The third-order valence-electron chi connectivity index (χ3n) is 4.28. The molecule has 1 aliphatic heterocycles. The van der Waals surface area contributed by atoms with Crippen molar-refractivity contribution in [2.45, 2.75) is 12.8 Å². The summed E-state index contributed by atoms with van der Waals surface area (Å²) in [5.41, 5.74) is 0.603. The molecule has 0 unspecified atom stereocenters. The maximum absolute atomic E-state index is 13.0. The average molecular weight is 325 g/mol. The normalized spacial score (nSPS) is 17.5. The van der Waals surface area contributed by atoms with Gasteiger partial charge in [-0.3, -0.25) is 9.78 Å². The number of aromatic nitrogens is 1. The number of hydrogen-bond donors (Lipinski definition) is 1. The zero-order chi connectivity index (χ0) is 16.8. The quantitative estimate of drug-likeness (QED) is 0.918. The first kappa shape index (κ1) is 16.5. The smallest absolute Gasteiger partial charge is 0.257 e. The number of nitrogens with zero attached hydrogens (tertiary/aromatic N) is 2. The first-order chi connectivity index (χ1) is 11.8. The van der Waals surface area contributed by atoms with Crippen molar-refractivity contribution in [3.8, 4) is 11.5 Å². The molecule has 0 radical (unpaired) electrons. The minimum absolute atomic E-state index is 0.0373. The molecule has 0 saturated carbocycles. The molecule has 0 spiro atoms. The number of likely N-dealkylation sites (tertiary alicyclic amines) is 1. The number of rotatable bonds is 5. The van der Waals surface area contributed by atoms with Gasteiger partial charge in [0, 0.05) is 19.3 Å². The fourth-order valence-electron chi connectivity index (χ4n) is 3.14. The molecule has 5 nitrogen and oxygen atoms in total. The number of benzene rings is 1. The molecule has 2 heterocycles. The van der Waals surface area contributed by atoms with E-state index in [-0.39, 0.29) is 5.91 Å². The van der Waals surface area contributed by atoms with E-state index in [9.17, 15) is 4.79 Å². The van der Waals surface area contributed by atoms with E-state index in [1.807, 2.05) is 48.3 Å². The topological polar surface area (TPSA) is 54.5 Å². The molecule has 3 rings (SSSR count). The van der Waals surface area contributed by atoms with Crippen LogP contribution in [-0.4, -0.2) is 42.5 Å². The maximum Gasteiger partial charge on any atom is 0.257 e. The van der Waals surface area contributed by atoms with Crippen molar-refractivity contribution < 1.29 is 9.53 Å². The van der Waals surface area contributed by atoms with Crippen molar-refractivity contribution in [2.24, 2.45) is 5.92 Å². The van der Waals surface area contributed by atoms with Crippen molar-refractivity contribution in [3.63, 3.8) is 0 Å². The minimum atomic E-state index is 0.0373. The van der Waals surface area contributed by atoms with Gasteiger partial charge in [-0.2, -0.15) is 0 Å². The van der Waals surface area contributed by atoms with Crippen molar-refractivity contribution in [1.29, 1.82) is 0 Å². The van der Waals surface area contributed by atoms with Crippen LogP contribution in [0.4, 0.5) is 0 Å². The summed E-state index contributed by atoms with van der Waals surface area (Å²) in [5.74, 6) is 1.75. The predicted octanol–water partition coefficient (Wildman–Crippen LogP) is 2.95. The Bertz CT molecular complexity index is 673. The van der Waals surface area contributed by atoms with Crippen LogP contribution >= 0.6 is 0 Å². The van der Waals surface area contributed by atoms with Crippen molar-refractivity contribution >= 4 is 5.91 Å². The van der Waals surface area contributed by atoms with Gasteiger partial charge in [0.2, 0.25) is 0 Å². The van der Waals surface area contributed by atoms with Gasteiger partial charge < -0.3 is 15.0 Å². The Kier molecular flexibility index (Phi) is 5.43. The second kappa shape index (κ2) is 7.93. The summed E-state index contributed by atoms with van der Waals surface area (Å²) in [7, 11) is 1.96. The van der Waals surface area contributed by atoms with Gasteiger partial charge in [-0.1, -0.05) is 12.1 Å². The summed E-state index contributed by atoms with van der Waals surface area (Å²) in [6.45, 7) is 2.54. The van der Waals surface area contributed by atoms with Crippen LogP contribution in [0.25, 0.3) is 0 Å². The van der Waals surface area contributed by atoms with Gasteiger partial charge in [-0.05, 0) is 56.6 Å². The molecule has 1 saturated heterocycles. The van der Waals surface area contributed by atoms with Gasteiger partial charge in [0.15, 0.2) is 0 Å². The van der Waals surface area contributed by atoms with Crippen LogP contribution in [-0.2, 0) is 0 Å². The fourth-order valence-corrected chi connectivity index (χ4v) is 3.14. The molecular formula is C19H23N3O2. The molecule has 1 aliphatic rings. The third kappa shape index (κ3) is 3.92. The highest BCUT2D eigenvalue weighted by atomic mass is 16.5. The van der Waals surface area contributed by atoms with E-state index in [0.717, 1.165) is 26.1 Å². The number of hydrogen-bond acceptors (Lipinski definition) is 4. The number of nitrogens with one attached hydrogen (secondary N) is 1. The molecule has 2 aromatic rings. The monoisotopic (exact) mass is 325 g/mol. The van der Waals surface area contributed by atoms with E-state index in [4.69, 9.17) is 4.74 Å². The Labute approximate surface area is 142 Å². The lowest BCUT2D eigenvalue weighted by Gasteiger charge is -2.33. The minimum Gasteiger partial charge on any atom is -0.455 e. The molecular weight excluding hydrogens is 302 g/mol. The molecule has 1 aromatic heterocycles. The lowest BCUT2D eigenvalue weighted by Crippen LogP contribution is -2.42. The van der Waals surface area contributed by atoms with Gasteiger partial charge >= 0.3 is 0 Å². The summed E-state index contributed by atoms with van der Waals surface area (Å²) in [6, 6.07) is 11.1. The summed E-state index contributed by atoms with van der Waals surface area (Å²) in [4.78, 5) is 19.0. The molecule has 1 atom stereocenters. The molecule has 1 N–H and O–H groups in total. The molecule has 5 heteroatoms. The second-order valence-corrected chi connectivity index (χ2v) is 6.10. The number of carbonyl (C=O) groups excluding carboxylic acids is 1. The van der Waals surface area contributed by atoms with Crippen LogP contribution < -0.4 is 10.1 Å². The van der Waals surface area contributed by atoms with Crippen molar-refractivity contribution in [2.75, 3.05) is 26.7 Å².